The molecule has 0 bridgehead atoms. The van der Waals surface area contributed by atoms with Crippen molar-refractivity contribution in [2.45, 2.75) is 79.2 Å². The van der Waals surface area contributed by atoms with Gasteiger partial charge in [-0.2, -0.15) is 5.10 Å². The van der Waals surface area contributed by atoms with E-state index in [1.54, 1.807) is 0 Å². The fraction of sp³-hybridized carbons (Fsp3) is 0.483. The van der Waals surface area contributed by atoms with Crippen LogP contribution < -0.4 is 4.74 Å². The minimum Gasteiger partial charge on any atom is -0.439 e. The molecule has 0 amide bonds. The molecule has 0 aliphatic carbocycles. The molecule has 2 atom stereocenters. The largest absolute Gasteiger partial charge is 0.439 e. The van der Waals surface area contributed by atoms with Crippen molar-refractivity contribution in [1.29, 1.82) is 0 Å². The molecule has 0 aliphatic rings. The third-order valence-electron chi connectivity index (χ3n) is 6.10. The summed E-state index contributed by atoms with van der Waals surface area (Å²) in [6.07, 6.45) is 0.376. The Bertz CT molecular complexity index is 1060. The van der Waals surface area contributed by atoms with Crippen molar-refractivity contribution in [3.8, 4) is 17.3 Å². The molecule has 0 saturated carbocycles. The lowest BCUT2D eigenvalue weighted by atomic mass is 10.1. The number of hydrogen-bond donors (Lipinski definition) is 1. The van der Waals surface area contributed by atoms with E-state index < -0.39 is 6.10 Å². The number of hydrogen-bond acceptors (Lipinski definition) is 5. The maximum Gasteiger partial charge on any atom is 0.227 e. The Morgan fingerprint density at radius 2 is 1.69 bits per heavy atom. The molecule has 1 N–H and O–H groups in total. The second-order valence-corrected chi connectivity index (χ2v) is 10.3. The van der Waals surface area contributed by atoms with Crippen molar-refractivity contribution in [2.24, 2.45) is 0 Å². The van der Waals surface area contributed by atoms with E-state index in [1.807, 2.05) is 87.0 Å². The minimum atomic E-state index is -0.589. The van der Waals surface area contributed by atoms with Gasteiger partial charge >= 0.3 is 0 Å². The second kappa shape index (κ2) is 11.8. The van der Waals surface area contributed by atoms with Gasteiger partial charge in [-0.05, 0) is 72.2 Å². The predicted molar refractivity (Wildman–Crippen MR) is 141 cm³/mol. The predicted octanol–water partition coefficient (Wildman–Crippen LogP) is 6.06. The van der Waals surface area contributed by atoms with Gasteiger partial charge in [-0.15, -0.1) is 0 Å². The first-order chi connectivity index (χ1) is 16.6. The molecule has 0 unspecified atom stereocenters. The van der Waals surface area contributed by atoms with E-state index >= 15 is 0 Å². The molecule has 35 heavy (non-hydrogen) atoms. The van der Waals surface area contributed by atoms with E-state index in [-0.39, 0.29) is 11.6 Å². The van der Waals surface area contributed by atoms with E-state index in [4.69, 9.17) is 14.6 Å². The molecule has 0 aliphatic heterocycles. The molecule has 0 saturated heterocycles. The molecular weight excluding hydrogens is 438 g/mol. The Hall–Kier alpha value is -2.67. The number of aliphatic hydroxyl groups excluding tert-OH is 1. The van der Waals surface area contributed by atoms with Gasteiger partial charge in [0.25, 0.3) is 0 Å². The molecule has 3 aromatic rings. The number of para-hydroxylation sites is 1. The zero-order valence-corrected chi connectivity index (χ0v) is 22.3. The summed E-state index contributed by atoms with van der Waals surface area (Å²) in [7, 11) is 0. The summed E-state index contributed by atoms with van der Waals surface area (Å²) in [4.78, 5) is 2.29. The van der Waals surface area contributed by atoms with Gasteiger partial charge in [-0.25, -0.2) is 4.68 Å². The molecule has 6 nitrogen and oxygen atoms in total. The normalized spacial score (nSPS) is 13.7. The minimum absolute atomic E-state index is 0.269. The average molecular weight is 480 g/mol. The number of nitrogens with zero attached hydrogens (tertiary/aromatic N) is 3. The van der Waals surface area contributed by atoms with E-state index in [9.17, 15) is 5.11 Å². The van der Waals surface area contributed by atoms with Crippen LogP contribution in [0.5, 0.6) is 11.6 Å². The fourth-order valence-corrected chi connectivity index (χ4v) is 3.82. The highest BCUT2D eigenvalue weighted by Gasteiger charge is 2.25. The molecule has 6 heteroatoms. The molecule has 1 heterocycles. The van der Waals surface area contributed by atoms with Gasteiger partial charge in [0, 0.05) is 19.1 Å². The van der Waals surface area contributed by atoms with Crippen molar-refractivity contribution in [1.82, 2.24) is 14.7 Å². The number of benzene rings is 2. The summed E-state index contributed by atoms with van der Waals surface area (Å²) in [6, 6.07) is 18.4. The van der Waals surface area contributed by atoms with Crippen LogP contribution in [0.1, 0.15) is 57.9 Å². The van der Waals surface area contributed by atoms with Gasteiger partial charge in [0.1, 0.15) is 5.75 Å². The molecule has 2 aromatic carbocycles. The highest BCUT2D eigenvalue weighted by Crippen LogP contribution is 2.32. The maximum atomic E-state index is 10.8. The zero-order valence-electron chi connectivity index (χ0n) is 22.3. The average Bonchev–Trinajstić information content (AvgIpc) is 3.13. The SMILES string of the molecule is CC[C@@H](C)N(Cc1c(C)nn(-c2ccccc2)c1Oc1ccc(C)cc1)C[C@H](O)COC(C)(C)C. The molecular formula is C29H41N3O3. The Kier molecular flexibility index (Phi) is 9.11. The summed E-state index contributed by atoms with van der Waals surface area (Å²) >= 11 is 0. The summed E-state index contributed by atoms with van der Waals surface area (Å²) < 4.78 is 14.2. The lowest BCUT2D eigenvalue weighted by molar-refractivity contribution is -0.0593. The van der Waals surface area contributed by atoms with Crippen LogP contribution in [0.4, 0.5) is 0 Å². The molecule has 0 radical (unpaired) electrons. The maximum absolute atomic E-state index is 10.8. The van der Waals surface area contributed by atoms with Crippen LogP contribution in [0.3, 0.4) is 0 Å². The summed E-state index contributed by atoms with van der Waals surface area (Å²) in [5, 5.41) is 15.6. The number of aromatic nitrogens is 2. The van der Waals surface area contributed by atoms with Crippen LogP contribution in [0, 0.1) is 13.8 Å². The van der Waals surface area contributed by atoms with Crippen LogP contribution in [-0.2, 0) is 11.3 Å². The van der Waals surface area contributed by atoms with Crippen molar-refractivity contribution in [2.75, 3.05) is 13.2 Å². The van der Waals surface area contributed by atoms with E-state index in [2.05, 4.69) is 25.7 Å². The van der Waals surface area contributed by atoms with E-state index in [0.717, 1.165) is 29.1 Å². The fourth-order valence-electron chi connectivity index (χ4n) is 3.82. The highest BCUT2D eigenvalue weighted by atomic mass is 16.5. The van der Waals surface area contributed by atoms with Crippen molar-refractivity contribution < 1.29 is 14.6 Å². The molecule has 0 spiro atoms. The van der Waals surface area contributed by atoms with Gasteiger partial charge in [-0.3, -0.25) is 4.90 Å². The Labute approximate surface area is 210 Å². The zero-order chi connectivity index (χ0) is 25.6. The van der Waals surface area contributed by atoms with Gasteiger partial charge < -0.3 is 14.6 Å². The smallest absolute Gasteiger partial charge is 0.227 e. The van der Waals surface area contributed by atoms with Crippen LogP contribution >= 0.6 is 0 Å². The summed E-state index contributed by atoms with van der Waals surface area (Å²) in [5.41, 5.74) is 3.76. The Morgan fingerprint density at radius 1 is 1.03 bits per heavy atom. The van der Waals surface area contributed by atoms with Gasteiger partial charge in [0.2, 0.25) is 5.88 Å². The Balaban J connectivity index is 1.94. The lowest BCUT2D eigenvalue weighted by Gasteiger charge is -2.31. The number of ether oxygens (including phenoxy) is 2. The Morgan fingerprint density at radius 3 is 2.29 bits per heavy atom. The molecule has 0 fully saturated rings. The first kappa shape index (κ1) is 26.9. The first-order valence-electron chi connectivity index (χ1n) is 12.5. The third kappa shape index (κ3) is 7.66. The van der Waals surface area contributed by atoms with Gasteiger partial charge in [-0.1, -0.05) is 42.8 Å². The van der Waals surface area contributed by atoms with Crippen LogP contribution in [0.2, 0.25) is 0 Å². The van der Waals surface area contributed by atoms with E-state index in [1.165, 1.54) is 5.56 Å². The lowest BCUT2D eigenvalue weighted by Crippen LogP contribution is -2.41. The first-order valence-corrected chi connectivity index (χ1v) is 12.5. The topological polar surface area (TPSA) is 59.8 Å². The number of aliphatic hydroxyl groups is 1. The molecule has 190 valence electrons. The van der Waals surface area contributed by atoms with Gasteiger partial charge in [0.05, 0.1) is 35.3 Å². The van der Waals surface area contributed by atoms with E-state index in [0.29, 0.717) is 25.6 Å². The van der Waals surface area contributed by atoms with Crippen molar-refractivity contribution in [3.05, 3.63) is 71.4 Å². The van der Waals surface area contributed by atoms with Crippen molar-refractivity contribution in [3.63, 3.8) is 0 Å². The van der Waals surface area contributed by atoms with Crippen LogP contribution in [-0.4, -0.2) is 50.7 Å². The second-order valence-electron chi connectivity index (χ2n) is 10.3. The summed E-state index contributed by atoms with van der Waals surface area (Å²) in [5.74, 6) is 1.47. The standard InChI is InChI=1S/C29H41N3O3/c1-8-22(3)31(18-25(33)20-34-29(5,6)7)19-27-23(4)30-32(24-12-10-9-11-13-24)28(27)35-26-16-14-21(2)15-17-26/h9-17,22,25,33H,8,18-20H2,1-7H3/t22-,25+/m1/s1. The van der Waals surface area contributed by atoms with Crippen LogP contribution in [0.25, 0.3) is 5.69 Å². The monoisotopic (exact) mass is 479 g/mol. The molecule has 1 aromatic heterocycles. The quantitative estimate of drug-likeness (QED) is 0.362. The third-order valence-corrected chi connectivity index (χ3v) is 6.10. The van der Waals surface area contributed by atoms with Crippen LogP contribution in [0.15, 0.2) is 54.6 Å². The summed E-state index contributed by atoms with van der Waals surface area (Å²) in [6.45, 7) is 15.9. The highest BCUT2D eigenvalue weighted by molar-refractivity contribution is 5.43. The molecule has 3 rings (SSSR count). The van der Waals surface area contributed by atoms with Crippen molar-refractivity contribution >= 4 is 0 Å². The number of rotatable bonds is 11. The van der Waals surface area contributed by atoms with Gasteiger partial charge in [0.15, 0.2) is 0 Å². The number of aryl methyl sites for hydroxylation is 2.